The third-order valence-electron chi connectivity index (χ3n) is 4.24. The van der Waals surface area contributed by atoms with Gasteiger partial charge in [0.25, 0.3) is 0 Å². The molecule has 1 rings (SSSR count). The van der Waals surface area contributed by atoms with E-state index in [0.717, 1.165) is 12.0 Å². The van der Waals surface area contributed by atoms with E-state index in [9.17, 15) is 9.18 Å². The Morgan fingerprint density at radius 3 is 2.45 bits per heavy atom. The van der Waals surface area contributed by atoms with Crippen molar-refractivity contribution in [2.75, 3.05) is 0 Å². The number of hydrogen-bond acceptors (Lipinski definition) is 1. The van der Waals surface area contributed by atoms with E-state index >= 15 is 0 Å². The van der Waals surface area contributed by atoms with Gasteiger partial charge in [-0.2, -0.15) is 0 Å². The van der Waals surface area contributed by atoms with Crippen LogP contribution in [0.4, 0.5) is 4.39 Å². The molecule has 0 amide bonds. The van der Waals surface area contributed by atoms with Crippen molar-refractivity contribution in [2.45, 2.75) is 53.9 Å². The van der Waals surface area contributed by atoms with Crippen LogP contribution < -0.4 is 0 Å². The predicted octanol–water partition coefficient (Wildman–Crippen LogP) is 6.01. The van der Waals surface area contributed by atoms with Crippen molar-refractivity contribution in [2.24, 2.45) is 5.41 Å². The van der Waals surface area contributed by atoms with Gasteiger partial charge >= 0.3 is 0 Å². The van der Waals surface area contributed by atoms with Crippen LogP contribution in [-0.2, 0) is 4.79 Å². The van der Waals surface area contributed by atoms with Crippen molar-refractivity contribution >= 4 is 6.29 Å². The van der Waals surface area contributed by atoms with E-state index in [1.807, 2.05) is 6.08 Å². The molecule has 0 fully saturated rings. The molecule has 0 aromatic heterocycles. The summed E-state index contributed by atoms with van der Waals surface area (Å²) in [6.45, 7) is 10.2. The van der Waals surface area contributed by atoms with Crippen LogP contribution in [0.25, 0.3) is 0 Å². The highest BCUT2D eigenvalue weighted by Crippen LogP contribution is 2.40. The topological polar surface area (TPSA) is 17.1 Å². The average molecular weight is 302 g/mol. The number of carbonyl (C=O) groups is 1. The van der Waals surface area contributed by atoms with E-state index in [-0.39, 0.29) is 11.2 Å². The number of hydrogen-bond donors (Lipinski definition) is 0. The summed E-state index contributed by atoms with van der Waals surface area (Å²) in [6, 6.07) is 0. The molecular formula is C20H27FO. The zero-order valence-electron chi connectivity index (χ0n) is 14.4. The Balaban J connectivity index is 2.94. The molecule has 2 heteroatoms. The molecule has 0 bridgehead atoms. The lowest BCUT2D eigenvalue weighted by atomic mass is 9.72. The molecule has 0 unspecified atom stereocenters. The Labute approximate surface area is 134 Å². The van der Waals surface area contributed by atoms with E-state index in [1.165, 1.54) is 36.1 Å². The van der Waals surface area contributed by atoms with Crippen LogP contribution in [0.1, 0.15) is 53.9 Å². The van der Waals surface area contributed by atoms with Gasteiger partial charge in [-0.1, -0.05) is 37.6 Å². The Morgan fingerprint density at radius 2 is 1.86 bits per heavy atom. The average Bonchev–Trinajstić information content (AvgIpc) is 2.43. The van der Waals surface area contributed by atoms with E-state index in [1.54, 1.807) is 19.9 Å². The van der Waals surface area contributed by atoms with Crippen molar-refractivity contribution in [1.82, 2.24) is 0 Å². The quantitative estimate of drug-likeness (QED) is 0.345. The summed E-state index contributed by atoms with van der Waals surface area (Å²) in [5.74, 6) is -0.276. The summed E-state index contributed by atoms with van der Waals surface area (Å²) in [5, 5.41) is 0. The van der Waals surface area contributed by atoms with Crippen molar-refractivity contribution in [1.29, 1.82) is 0 Å². The van der Waals surface area contributed by atoms with Crippen molar-refractivity contribution < 1.29 is 9.18 Å². The van der Waals surface area contributed by atoms with Gasteiger partial charge in [0.1, 0.15) is 12.1 Å². The summed E-state index contributed by atoms with van der Waals surface area (Å²) in [6.07, 6.45) is 12.6. The third kappa shape index (κ3) is 5.25. The first-order valence-electron chi connectivity index (χ1n) is 7.83. The summed E-state index contributed by atoms with van der Waals surface area (Å²) in [4.78, 5) is 10.3. The molecule has 0 saturated carbocycles. The van der Waals surface area contributed by atoms with Gasteiger partial charge in [0.15, 0.2) is 0 Å². The predicted molar refractivity (Wildman–Crippen MR) is 92.2 cm³/mol. The first-order chi connectivity index (χ1) is 10.3. The van der Waals surface area contributed by atoms with Gasteiger partial charge in [-0.25, -0.2) is 4.39 Å². The minimum absolute atomic E-state index is 0.161. The molecule has 0 atom stereocenters. The van der Waals surface area contributed by atoms with E-state index < -0.39 is 0 Å². The van der Waals surface area contributed by atoms with Gasteiger partial charge in [0, 0.05) is 0 Å². The molecule has 22 heavy (non-hydrogen) atoms. The molecule has 0 heterocycles. The number of aldehydes is 1. The number of carbonyl (C=O) groups excluding carboxylic acids is 1. The lowest BCUT2D eigenvalue weighted by Crippen LogP contribution is -2.19. The molecule has 0 N–H and O–H groups in total. The summed E-state index contributed by atoms with van der Waals surface area (Å²) < 4.78 is 14.1. The van der Waals surface area contributed by atoms with Crippen LogP contribution in [0.15, 0.2) is 58.5 Å². The highest BCUT2D eigenvalue weighted by Gasteiger charge is 2.26. The number of halogens is 1. The van der Waals surface area contributed by atoms with Gasteiger partial charge < -0.3 is 0 Å². The number of rotatable bonds is 5. The lowest BCUT2D eigenvalue weighted by molar-refractivity contribution is -0.104. The minimum atomic E-state index is -0.276. The van der Waals surface area contributed by atoms with Gasteiger partial charge in [-0.15, -0.1) is 0 Å². The SMILES string of the molecule is CC1=C(/C=C/C(C)=C(F)/C=C/C(C)=C\C=O)C(C)(C)CCC1. The van der Waals surface area contributed by atoms with E-state index in [2.05, 4.69) is 26.8 Å². The second-order valence-corrected chi connectivity index (χ2v) is 6.68. The zero-order chi connectivity index (χ0) is 16.8. The van der Waals surface area contributed by atoms with Crippen LogP contribution in [-0.4, -0.2) is 6.29 Å². The maximum absolute atomic E-state index is 14.1. The number of allylic oxidation sites excluding steroid dienone is 10. The standard InChI is InChI=1S/C20H27FO/c1-15(12-14-22)8-11-19(21)17(3)9-10-18-16(2)7-6-13-20(18,4)5/h8-12,14H,6-7,13H2,1-5H3/b10-9+,11-8+,15-12-,19-17-. The second kappa shape index (κ2) is 8.07. The molecule has 0 aliphatic heterocycles. The molecule has 0 spiro atoms. The second-order valence-electron chi connectivity index (χ2n) is 6.68. The van der Waals surface area contributed by atoms with Gasteiger partial charge in [0.2, 0.25) is 0 Å². The zero-order valence-corrected chi connectivity index (χ0v) is 14.4. The molecule has 1 aliphatic carbocycles. The summed E-state index contributed by atoms with van der Waals surface area (Å²) in [7, 11) is 0. The summed E-state index contributed by atoms with van der Waals surface area (Å²) >= 11 is 0. The first-order valence-corrected chi connectivity index (χ1v) is 7.83. The molecule has 120 valence electrons. The highest BCUT2D eigenvalue weighted by atomic mass is 19.1. The molecule has 0 aromatic rings. The van der Waals surface area contributed by atoms with Crippen LogP contribution in [0.3, 0.4) is 0 Å². The Morgan fingerprint density at radius 1 is 1.18 bits per heavy atom. The molecular weight excluding hydrogens is 275 g/mol. The van der Waals surface area contributed by atoms with Crippen LogP contribution in [0.5, 0.6) is 0 Å². The van der Waals surface area contributed by atoms with Gasteiger partial charge in [-0.3, -0.25) is 4.79 Å². The fraction of sp³-hybridized carbons (Fsp3) is 0.450. The van der Waals surface area contributed by atoms with Crippen LogP contribution in [0, 0.1) is 5.41 Å². The molecule has 0 saturated heterocycles. The van der Waals surface area contributed by atoms with Crippen molar-refractivity contribution in [3.8, 4) is 0 Å². The highest BCUT2D eigenvalue weighted by molar-refractivity contribution is 5.67. The largest absolute Gasteiger partial charge is 0.299 e. The summed E-state index contributed by atoms with van der Waals surface area (Å²) in [5.41, 5.74) is 4.22. The van der Waals surface area contributed by atoms with E-state index in [0.29, 0.717) is 11.9 Å². The molecule has 0 aromatic carbocycles. The maximum Gasteiger partial charge on any atom is 0.143 e. The fourth-order valence-electron chi connectivity index (χ4n) is 2.80. The lowest BCUT2D eigenvalue weighted by Gasteiger charge is -2.32. The van der Waals surface area contributed by atoms with Crippen molar-refractivity contribution in [3.05, 3.63) is 58.5 Å². The minimum Gasteiger partial charge on any atom is -0.299 e. The third-order valence-corrected chi connectivity index (χ3v) is 4.24. The Kier molecular flexibility index (Phi) is 6.73. The maximum atomic E-state index is 14.1. The van der Waals surface area contributed by atoms with Crippen LogP contribution >= 0.6 is 0 Å². The van der Waals surface area contributed by atoms with Crippen molar-refractivity contribution in [3.63, 3.8) is 0 Å². The first kappa shape index (κ1) is 18.3. The molecule has 1 nitrogen and oxygen atoms in total. The van der Waals surface area contributed by atoms with E-state index in [4.69, 9.17) is 0 Å². The van der Waals surface area contributed by atoms with Gasteiger partial charge in [0.05, 0.1) is 0 Å². The Hall–Kier alpha value is -1.70. The smallest absolute Gasteiger partial charge is 0.143 e. The van der Waals surface area contributed by atoms with Crippen LogP contribution in [0.2, 0.25) is 0 Å². The monoisotopic (exact) mass is 302 g/mol. The normalized spacial score (nSPS) is 20.7. The molecule has 1 aliphatic rings. The fourth-order valence-corrected chi connectivity index (χ4v) is 2.80. The van der Waals surface area contributed by atoms with Gasteiger partial charge in [-0.05, 0) is 74.3 Å². The Bertz CT molecular complexity index is 569. The molecule has 0 radical (unpaired) electrons.